The van der Waals surface area contributed by atoms with E-state index < -0.39 is 5.82 Å². The van der Waals surface area contributed by atoms with E-state index in [-0.39, 0.29) is 18.1 Å². The molecule has 0 amide bonds. The van der Waals surface area contributed by atoms with E-state index in [9.17, 15) is 9.18 Å². The molecule has 0 radical (unpaired) electrons. The first-order valence-corrected chi connectivity index (χ1v) is 9.35. The van der Waals surface area contributed by atoms with Gasteiger partial charge in [0.1, 0.15) is 29.6 Å². The van der Waals surface area contributed by atoms with E-state index in [0.717, 1.165) is 11.1 Å². The minimum Gasteiger partial charge on any atom is -0.497 e. The van der Waals surface area contributed by atoms with Crippen molar-refractivity contribution in [1.29, 1.82) is 0 Å². The molecule has 0 heterocycles. The van der Waals surface area contributed by atoms with Crippen LogP contribution in [0, 0.1) is 5.82 Å². The normalized spacial score (nSPS) is 10.4. The summed E-state index contributed by atoms with van der Waals surface area (Å²) in [5, 5.41) is 0. The third kappa shape index (κ3) is 6.07. The zero-order valence-corrected chi connectivity index (χ0v) is 16.5. The highest BCUT2D eigenvalue weighted by atomic mass is 19.1. The van der Waals surface area contributed by atoms with Gasteiger partial charge in [0.25, 0.3) is 0 Å². The fraction of sp³-hybridized carbons (Fsp3) is 0.208. The van der Waals surface area contributed by atoms with Gasteiger partial charge >= 0.3 is 0 Å². The number of ether oxygens (including phenoxy) is 3. The van der Waals surface area contributed by atoms with Gasteiger partial charge in [0.15, 0.2) is 11.6 Å². The summed E-state index contributed by atoms with van der Waals surface area (Å²) in [5.74, 6) is 1.73. The monoisotopic (exact) mass is 394 g/mol. The third-order valence-corrected chi connectivity index (χ3v) is 4.31. The second-order valence-corrected chi connectivity index (χ2v) is 6.69. The molecule has 29 heavy (non-hydrogen) atoms. The summed E-state index contributed by atoms with van der Waals surface area (Å²) in [6.07, 6.45) is 0.913. The average molecular weight is 394 g/mol. The number of hydrogen-bond acceptors (Lipinski definition) is 4. The van der Waals surface area contributed by atoms with Crippen molar-refractivity contribution in [2.45, 2.75) is 26.4 Å². The minimum atomic E-state index is -0.449. The van der Waals surface area contributed by atoms with Gasteiger partial charge in [-0.25, -0.2) is 4.39 Å². The quantitative estimate of drug-likeness (QED) is 0.465. The van der Waals surface area contributed by atoms with Crippen LogP contribution in [-0.4, -0.2) is 12.9 Å². The molecule has 0 aromatic heterocycles. The molecule has 0 aliphatic rings. The lowest BCUT2D eigenvalue weighted by molar-refractivity contribution is -0.116. The Kier molecular flexibility index (Phi) is 6.85. The lowest BCUT2D eigenvalue weighted by Gasteiger charge is -2.12. The third-order valence-electron chi connectivity index (χ3n) is 4.31. The number of carbonyl (C=O) groups is 1. The molecule has 0 aliphatic heterocycles. The van der Waals surface area contributed by atoms with Gasteiger partial charge in [-0.05, 0) is 60.9 Å². The first-order chi connectivity index (χ1) is 14.0. The SMILES string of the molecule is COc1cc(COc2ccc(CCC(C)=O)cc2F)cc(Oc2ccccc2)c1. The van der Waals surface area contributed by atoms with E-state index in [0.29, 0.717) is 30.1 Å². The Bertz CT molecular complexity index is 970. The van der Waals surface area contributed by atoms with Crippen molar-refractivity contribution < 1.29 is 23.4 Å². The van der Waals surface area contributed by atoms with E-state index in [1.165, 1.54) is 13.0 Å². The minimum absolute atomic E-state index is 0.0808. The van der Waals surface area contributed by atoms with Crippen LogP contribution in [0.25, 0.3) is 0 Å². The van der Waals surface area contributed by atoms with Crippen molar-refractivity contribution in [3.05, 3.63) is 83.7 Å². The molecule has 0 spiro atoms. The largest absolute Gasteiger partial charge is 0.497 e. The Morgan fingerprint density at radius 1 is 0.897 bits per heavy atom. The highest BCUT2D eigenvalue weighted by molar-refractivity contribution is 5.75. The summed E-state index contributed by atoms with van der Waals surface area (Å²) in [6.45, 7) is 1.68. The highest BCUT2D eigenvalue weighted by Crippen LogP contribution is 2.28. The predicted molar refractivity (Wildman–Crippen MR) is 109 cm³/mol. The Labute approximate surface area is 169 Å². The number of rotatable bonds is 9. The Morgan fingerprint density at radius 3 is 2.34 bits per heavy atom. The number of Topliss-reactive ketones (excluding diaryl/α,β-unsaturated/α-hetero) is 1. The Balaban J connectivity index is 1.69. The molecule has 0 atom stereocenters. The topological polar surface area (TPSA) is 44.8 Å². The second-order valence-electron chi connectivity index (χ2n) is 6.69. The molecule has 150 valence electrons. The van der Waals surface area contributed by atoms with Gasteiger partial charge in [0, 0.05) is 12.5 Å². The van der Waals surface area contributed by atoms with Gasteiger partial charge in [-0.15, -0.1) is 0 Å². The van der Waals surface area contributed by atoms with E-state index >= 15 is 0 Å². The predicted octanol–water partition coefficient (Wildman–Crippen LogP) is 5.73. The fourth-order valence-electron chi connectivity index (χ4n) is 2.81. The van der Waals surface area contributed by atoms with Crippen LogP contribution in [-0.2, 0) is 17.8 Å². The molecule has 4 nitrogen and oxygen atoms in total. The molecule has 5 heteroatoms. The molecule has 0 fully saturated rings. The molecule has 0 bridgehead atoms. The standard InChI is InChI=1S/C24H23FO4/c1-17(26)8-9-18-10-11-24(23(25)14-18)28-16-19-12-21(27-2)15-22(13-19)29-20-6-4-3-5-7-20/h3-7,10-15H,8-9,16H2,1-2H3. The highest BCUT2D eigenvalue weighted by Gasteiger charge is 2.09. The second kappa shape index (κ2) is 9.73. The number of methoxy groups -OCH3 is 1. The molecular formula is C24H23FO4. The van der Waals surface area contributed by atoms with Gasteiger partial charge in [-0.3, -0.25) is 0 Å². The smallest absolute Gasteiger partial charge is 0.165 e. The maximum absolute atomic E-state index is 14.3. The number of halogens is 1. The number of ketones is 1. The zero-order chi connectivity index (χ0) is 20.6. The van der Waals surface area contributed by atoms with Gasteiger partial charge in [0.2, 0.25) is 0 Å². The van der Waals surface area contributed by atoms with Crippen molar-refractivity contribution >= 4 is 5.78 Å². The summed E-state index contributed by atoms with van der Waals surface area (Å²) >= 11 is 0. The van der Waals surface area contributed by atoms with E-state index in [2.05, 4.69) is 0 Å². The summed E-state index contributed by atoms with van der Waals surface area (Å²) in [6, 6.07) is 19.6. The van der Waals surface area contributed by atoms with Crippen molar-refractivity contribution in [1.82, 2.24) is 0 Å². The van der Waals surface area contributed by atoms with Crippen LogP contribution in [0.15, 0.2) is 66.7 Å². The lowest BCUT2D eigenvalue weighted by atomic mass is 10.1. The van der Waals surface area contributed by atoms with Gasteiger partial charge in [-0.1, -0.05) is 24.3 Å². The van der Waals surface area contributed by atoms with Crippen molar-refractivity contribution in [3.8, 4) is 23.0 Å². The molecular weight excluding hydrogens is 371 g/mol. The van der Waals surface area contributed by atoms with Crippen LogP contribution in [0.2, 0.25) is 0 Å². The summed E-state index contributed by atoms with van der Waals surface area (Å²) in [5.41, 5.74) is 1.56. The van der Waals surface area contributed by atoms with Crippen LogP contribution in [0.4, 0.5) is 4.39 Å². The fourth-order valence-corrected chi connectivity index (χ4v) is 2.81. The van der Waals surface area contributed by atoms with Crippen molar-refractivity contribution in [3.63, 3.8) is 0 Å². The van der Waals surface area contributed by atoms with Crippen molar-refractivity contribution in [2.75, 3.05) is 7.11 Å². The van der Waals surface area contributed by atoms with Gasteiger partial charge < -0.3 is 19.0 Å². The summed E-state index contributed by atoms with van der Waals surface area (Å²) in [7, 11) is 1.58. The number of aryl methyl sites for hydroxylation is 1. The number of para-hydroxylation sites is 1. The molecule has 0 aliphatic carbocycles. The Morgan fingerprint density at radius 2 is 1.66 bits per heavy atom. The van der Waals surface area contributed by atoms with Crippen LogP contribution in [0.5, 0.6) is 23.0 Å². The van der Waals surface area contributed by atoms with E-state index in [4.69, 9.17) is 14.2 Å². The first-order valence-electron chi connectivity index (χ1n) is 9.35. The Hall–Kier alpha value is -3.34. The molecule has 0 N–H and O–H groups in total. The zero-order valence-electron chi connectivity index (χ0n) is 16.5. The maximum Gasteiger partial charge on any atom is 0.165 e. The summed E-state index contributed by atoms with van der Waals surface area (Å²) < 4.78 is 31.2. The number of benzene rings is 3. The first kappa shape index (κ1) is 20.4. The number of carbonyl (C=O) groups excluding carboxylic acids is 1. The molecule has 0 unspecified atom stereocenters. The van der Waals surface area contributed by atoms with Gasteiger partial charge in [0.05, 0.1) is 7.11 Å². The van der Waals surface area contributed by atoms with Crippen LogP contribution < -0.4 is 14.2 Å². The van der Waals surface area contributed by atoms with E-state index in [1.807, 2.05) is 42.5 Å². The molecule has 3 aromatic carbocycles. The maximum atomic E-state index is 14.3. The van der Waals surface area contributed by atoms with Crippen LogP contribution in [0.3, 0.4) is 0 Å². The lowest BCUT2D eigenvalue weighted by Crippen LogP contribution is -2.00. The summed E-state index contributed by atoms with van der Waals surface area (Å²) in [4.78, 5) is 11.1. The van der Waals surface area contributed by atoms with Crippen LogP contribution >= 0.6 is 0 Å². The molecule has 0 saturated heterocycles. The van der Waals surface area contributed by atoms with E-state index in [1.54, 1.807) is 25.3 Å². The average Bonchev–Trinajstić information content (AvgIpc) is 2.72. The molecule has 3 aromatic rings. The number of hydrogen-bond donors (Lipinski definition) is 0. The van der Waals surface area contributed by atoms with Crippen molar-refractivity contribution in [2.24, 2.45) is 0 Å². The molecule has 3 rings (SSSR count). The van der Waals surface area contributed by atoms with Crippen LogP contribution in [0.1, 0.15) is 24.5 Å². The van der Waals surface area contributed by atoms with Gasteiger partial charge in [-0.2, -0.15) is 0 Å². The molecule has 0 saturated carbocycles.